The van der Waals surface area contributed by atoms with Crippen LogP contribution in [-0.2, 0) is 17.9 Å². The van der Waals surface area contributed by atoms with E-state index in [0.29, 0.717) is 18.9 Å². The largest absolute Gasteiger partial charge is 0.484 e. The molecule has 0 bridgehead atoms. The number of thiophene rings is 1. The molecule has 0 spiro atoms. The van der Waals surface area contributed by atoms with Crippen LogP contribution in [0.3, 0.4) is 0 Å². The molecular weight excluding hydrogens is 272 g/mol. The lowest BCUT2D eigenvalue weighted by atomic mass is 10.1. The second-order valence-electron chi connectivity index (χ2n) is 4.60. The van der Waals surface area contributed by atoms with E-state index in [0.717, 1.165) is 30.9 Å². The molecule has 2 heterocycles. The first-order valence-electron chi connectivity index (χ1n) is 6.79. The van der Waals surface area contributed by atoms with Gasteiger partial charge in [-0.15, -0.1) is 11.3 Å². The number of rotatable bonds is 5. The van der Waals surface area contributed by atoms with Crippen molar-refractivity contribution in [3.05, 3.63) is 33.3 Å². The quantitative estimate of drug-likeness (QED) is 0.857. The third kappa shape index (κ3) is 3.03. The summed E-state index contributed by atoms with van der Waals surface area (Å²) in [5, 5.41) is 0. The predicted octanol–water partition coefficient (Wildman–Crippen LogP) is 1.28. The van der Waals surface area contributed by atoms with Gasteiger partial charge < -0.3 is 16.2 Å². The minimum absolute atomic E-state index is 0.574. The summed E-state index contributed by atoms with van der Waals surface area (Å²) in [7, 11) is 1.77. The van der Waals surface area contributed by atoms with E-state index in [1.807, 2.05) is 0 Å². The summed E-state index contributed by atoms with van der Waals surface area (Å²) < 4.78 is 5.63. The molecular formula is C14H22N4OS. The fourth-order valence-electron chi connectivity index (χ4n) is 2.32. The van der Waals surface area contributed by atoms with Crippen LogP contribution in [0.2, 0.25) is 0 Å². The molecule has 0 saturated carbocycles. The zero-order valence-corrected chi connectivity index (χ0v) is 12.9. The number of nitrogens with two attached hydrogens (primary N) is 2. The molecule has 1 aliphatic rings. The normalized spacial score (nSPS) is 18.6. The zero-order chi connectivity index (χ0) is 14.5. The summed E-state index contributed by atoms with van der Waals surface area (Å²) in [4.78, 5) is 9.17. The van der Waals surface area contributed by atoms with Crippen LogP contribution in [0.25, 0.3) is 0 Å². The van der Waals surface area contributed by atoms with Crippen molar-refractivity contribution < 1.29 is 4.74 Å². The predicted molar refractivity (Wildman–Crippen MR) is 83.8 cm³/mol. The van der Waals surface area contributed by atoms with Crippen molar-refractivity contribution in [3.8, 4) is 0 Å². The van der Waals surface area contributed by atoms with Crippen LogP contribution in [0.1, 0.15) is 22.2 Å². The number of likely N-dealkylation sites (N-methyl/N-ethyl adjacent to an activating group) is 1. The average molecular weight is 294 g/mol. The van der Waals surface area contributed by atoms with Crippen LogP contribution in [0, 0.1) is 0 Å². The van der Waals surface area contributed by atoms with Crippen molar-refractivity contribution >= 4 is 17.0 Å². The Balaban J connectivity index is 2.23. The molecule has 1 aromatic rings. The molecule has 0 aliphatic carbocycles. The molecule has 0 fully saturated rings. The Bertz CT molecular complexity index is 521. The Morgan fingerprint density at radius 3 is 2.95 bits per heavy atom. The van der Waals surface area contributed by atoms with Gasteiger partial charge in [0.1, 0.15) is 12.3 Å². The van der Waals surface area contributed by atoms with Crippen molar-refractivity contribution in [2.45, 2.75) is 20.1 Å². The molecule has 1 aliphatic heterocycles. The Morgan fingerprint density at radius 1 is 1.55 bits per heavy atom. The molecule has 110 valence electrons. The van der Waals surface area contributed by atoms with E-state index in [1.54, 1.807) is 18.4 Å². The number of aliphatic imine (C=N–C) groups is 1. The van der Waals surface area contributed by atoms with Crippen LogP contribution in [0.15, 0.2) is 23.0 Å². The lowest BCUT2D eigenvalue weighted by Gasteiger charge is -2.17. The fraction of sp³-hybridized carbons (Fsp3) is 0.500. The Labute approximate surface area is 123 Å². The van der Waals surface area contributed by atoms with Crippen LogP contribution >= 0.6 is 11.3 Å². The van der Waals surface area contributed by atoms with E-state index < -0.39 is 0 Å². The summed E-state index contributed by atoms with van der Waals surface area (Å²) in [5.74, 6) is 0.665. The van der Waals surface area contributed by atoms with Gasteiger partial charge in [-0.3, -0.25) is 9.89 Å². The molecule has 20 heavy (non-hydrogen) atoms. The van der Waals surface area contributed by atoms with Gasteiger partial charge >= 0.3 is 0 Å². The highest BCUT2D eigenvalue weighted by Gasteiger charge is 2.24. The van der Waals surface area contributed by atoms with Crippen molar-refractivity contribution in [1.29, 1.82) is 0 Å². The molecule has 1 aromatic heterocycles. The van der Waals surface area contributed by atoms with E-state index in [2.05, 4.69) is 22.9 Å². The molecule has 2 rings (SSSR count). The number of fused-ring (bicyclic) bond motifs is 1. The molecule has 4 N–H and O–H groups in total. The Kier molecular flexibility index (Phi) is 5.17. The van der Waals surface area contributed by atoms with Crippen LogP contribution in [0.4, 0.5) is 0 Å². The smallest absolute Gasteiger partial charge is 0.161 e. The van der Waals surface area contributed by atoms with E-state index in [9.17, 15) is 0 Å². The summed E-state index contributed by atoms with van der Waals surface area (Å²) in [6, 6.07) is 2.20. The number of hydrogen-bond donors (Lipinski definition) is 2. The highest BCUT2D eigenvalue weighted by Crippen LogP contribution is 2.31. The first-order chi connectivity index (χ1) is 9.73. The first kappa shape index (κ1) is 15.0. The Morgan fingerprint density at radius 2 is 2.35 bits per heavy atom. The molecule has 0 aromatic carbocycles. The van der Waals surface area contributed by atoms with Gasteiger partial charge in [0.05, 0.1) is 4.88 Å². The van der Waals surface area contributed by atoms with Crippen molar-refractivity contribution in [2.75, 3.05) is 26.7 Å². The maximum atomic E-state index is 5.64. The summed E-state index contributed by atoms with van der Waals surface area (Å²) in [5.41, 5.74) is 13.2. The van der Waals surface area contributed by atoms with Gasteiger partial charge in [0, 0.05) is 43.3 Å². The highest BCUT2D eigenvalue weighted by molar-refractivity contribution is 7.12. The highest BCUT2D eigenvalue weighted by atomic mass is 32.1. The lowest BCUT2D eigenvalue weighted by Crippen LogP contribution is -2.28. The standard InChI is InChI=1S/C14H22N4OS/c1-3-18(5-4-15)8-10-6-11-13(20-10)9-19-12(7-16)14(11)17-2/h6-7H,3-5,8-9,15-16H2,1-2H3. The minimum atomic E-state index is 0.574. The van der Waals surface area contributed by atoms with E-state index in [1.165, 1.54) is 16.0 Å². The first-order valence-corrected chi connectivity index (χ1v) is 7.61. The van der Waals surface area contributed by atoms with Crippen molar-refractivity contribution in [2.24, 2.45) is 16.5 Å². The third-order valence-electron chi connectivity index (χ3n) is 3.35. The van der Waals surface area contributed by atoms with Gasteiger partial charge in [0.2, 0.25) is 0 Å². The third-order valence-corrected chi connectivity index (χ3v) is 4.45. The molecule has 0 unspecified atom stereocenters. The van der Waals surface area contributed by atoms with Crippen LogP contribution in [-0.4, -0.2) is 37.3 Å². The molecule has 6 heteroatoms. The monoisotopic (exact) mass is 294 g/mol. The second kappa shape index (κ2) is 6.88. The summed E-state index contributed by atoms with van der Waals surface area (Å²) >= 11 is 1.78. The van der Waals surface area contributed by atoms with Crippen molar-refractivity contribution in [1.82, 2.24) is 4.90 Å². The van der Waals surface area contributed by atoms with E-state index in [4.69, 9.17) is 16.2 Å². The van der Waals surface area contributed by atoms with Gasteiger partial charge in [-0.25, -0.2) is 0 Å². The maximum absolute atomic E-state index is 5.64. The number of hydrogen-bond acceptors (Lipinski definition) is 6. The number of allylic oxidation sites excluding steroid dienone is 1. The molecule has 5 nitrogen and oxygen atoms in total. The second-order valence-corrected chi connectivity index (χ2v) is 5.82. The van der Waals surface area contributed by atoms with Gasteiger partial charge in [0.15, 0.2) is 5.76 Å². The van der Waals surface area contributed by atoms with Gasteiger partial charge in [0.25, 0.3) is 0 Å². The minimum Gasteiger partial charge on any atom is -0.484 e. The number of nitrogens with zero attached hydrogens (tertiary/aromatic N) is 2. The van der Waals surface area contributed by atoms with Crippen LogP contribution in [0.5, 0.6) is 0 Å². The fourth-order valence-corrected chi connectivity index (χ4v) is 3.45. The van der Waals surface area contributed by atoms with Gasteiger partial charge in [-0.05, 0) is 12.6 Å². The number of ether oxygens (including phenoxy) is 1. The molecule has 0 amide bonds. The molecule has 0 radical (unpaired) electrons. The summed E-state index contributed by atoms with van der Waals surface area (Å²) in [6.07, 6.45) is 1.48. The van der Waals surface area contributed by atoms with Crippen LogP contribution < -0.4 is 11.5 Å². The Hall–Kier alpha value is -1.37. The van der Waals surface area contributed by atoms with E-state index >= 15 is 0 Å². The summed E-state index contributed by atoms with van der Waals surface area (Å²) in [6.45, 7) is 6.25. The maximum Gasteiger partial charge on any atom is 0.161 e. The SMILES string of the molecule is CCN(CCN)Cc1cc2c(s1)COC(=CN)C2=NC. The van der Waals surface area contributed by atoms with E-state index in [-0.39, 0.29) is 0 Å². The lowest BCUT2D eigenvalue weighted by molar-refractivity contribution is 0.214. The van der Waals surface area contributed by atoms with Crippen molar-refractivity contribution in [3.63, 3.8) is 0 Å². The molecule has 0 saturated heterocycles. The zero-order valence-electron chi connectivity index (χ0n) is 12.1. The average Bonchev–Trinajstić information content (AvgIpc) is 2.87. The topological polar surface area (TPSA) is 76.9 Å². The molecule has 0 atom stereocenters. The van der Waals surface area contributed by atoms with Gasteiger partial charge in [-0.2, -0.15) is 0 Å². The van der Waals surface area contributed by atoms with Gasteiger partial charge in [-0.1, -0.05) is 6.92 Å².